The van der Waals surface area contributed by atoms with Crippen molar-refractivity contribution in [2.24, 2.45) is 0 Å². The van der Waals surface area contributed by atoms with Gasteiger partial charge in [-0.1, -0.05) is 0 Å². The minimum Gasteiger partial charge on any atom is -0.631 e. The highest BCUT2D eigenvalue weighted by molar-refractivity contribution is 5.72. The number of amides is 1. The lowest BCUT2D eigenvalue weighted by Gasteiger charge is -2.44. The molecule has 6 nitrogen and oxygen atoms in total. The van der Waals surface area contributed by atoms with Crippen molar-refractivity contribution in [3.63, 3.8) is 0 Å². The minimum atomic E-state index is -0.487. The fourth-order valence-electron chi connectivity index (χ4n) is 4.01. The number of hydroxylamine groups is 3. The number of ether oxygens (including phenoxy) is 1. The summed E-state index contributed by atoms with van der Waals surface area (Å²) in [4.78, 5) is 13.4. The molecule has 0 radical (unpaired) electrons. The quantitative estimate of drug-likeness (QED) is 0.633. The lowest BCUT2D eigenvalue weighted by molar-refractivity contribution is -0.874. The van der Waals surface area contributed by atoms with Gasteiger partial charge in [0, 0.05) is 26.2 Å². The molecule has 0 saturated carbocycles. The summed E-state index contributed by atoms with van der Waals surface area (Å²) >= 11 is 0. The average Bonchev–Trinajstić information content (AvgIpc) is 2.81. The maximum absolute atomic E-state index is 12.7. The Labute approximate surface area is 124 Å². The number of hydrogen-bond donors (Lipinski definition) is 1. The van der Waals surface area contributed by atoms with Crippen molar-refractivity contribution in [2.45, 2.75) is 24.9 Å². The van der Waals surface area contributed by atoms with Gasteiger partial charge < -0.3 is 24.8 Å². The number of likely N-dealkylation sites (N-methyl/N-ethyl adjacent to an activating group) is 2. The van der Waals surface area contributed by atoms with Gasteiger partial charge in [0.15, 0.2) is 6.17 Å². The van der Waals surface area contributed by atoms with Crippen molar-refractivity contribution in [1.29, 1.82) is 0 Å². The summed E-state index contributed by atoms with van der Waals surface area (Å²) < 4.78 is 4.96. The molecule has 6 heteroatoms. The molecule has 1 aromatic carbocycles. The van der Waals surface area contributed by atoms with Gasteiger partial charge in [0.25, 0.3) is 0 Å². The predicted octanol–water partition coefficient (Wildman–Crippen LogP) is 1.79. The number of nitrogens with one attached hydrogen (secondary N) is 1. The van der Waals surface area contributed by atoms with Gasteiger partial charge in [-0.25, -0.2) is 4.79 Å². The lowest BCUT2D eigenvalue weighted by Crippen LogP contribution is -2.54. The smallest absolute Gasteiger partial charge is 0.412 e. The van der Waals surface area contributed by atoms with Crippen LogP contribution >= 0.6 is 0 Å². The number of benzene rings is 1. The van der Waals surface area contributed by atoms with E-state index >= 15 is 0 Å². The summed E-state index contributed by atoms with van der Waals surface area (Å²) in [5.74, 6) is 0.510. The van der Waals surface area contributed by atoms with Crippen LogP contribution in [-0.4, -0.2) is 44.6 Å². The van der Waals surface area contributed by atoms with Gasteiger partial charge in [-0.3, -0.25) is 0 Å². The Morgan fingerprint density at radius 1 is 1.57 bits per heavy atom. The van der Waals surface area contributed by atoms with E-state index in [9.17, 15) is 10.0 Å². The van der Waals surface area contributed by atoms with Crippen LogP contribution in [0.25, 0.3) is 0 Å². The second kappa shape index (κ2) is 4.35. The zero-order valence-corrected chi connectivity index (χ0v) is 12.8. The minimum absolute atomic E-state index is 0.122. The van der Waals surface area contributed by atoms with Crippen LogP contribution in [0.5, 0.6) is 5.75 Å². The van der Waals surface area contributed by atoms with Crippen molar-refractivity contribution in [3.05, 3.63) is 29.0 Å². The van der Waals surface area contributed by atoms with Crippen molar-refractivity contribution >= 4 is 11.8 Å². The third kappa shape index (κ3) is 1.90. The first-order valence-electron chi connectivity index (χ1n) is 7.13. The molecule has 1 amide bonds. The fraction of sp³-hybridized carbons (Fsp3) is 0.533. The molecule has 1 N–H and O–H groups in total. The molecule has 0 spiro atoms. The molecule has 2 aliphatic rings. The Bertz CT molecular complexity index is 602. The Kier molecular flexibility index (Phi) is 2.93. The van der Waals surface area contributed by atoms with Gasteiger partial charge in [0.1, 0.15) is 5.75 Å². The largest absolute Gasteiger partial charge is 0.631 e. The monoisotopic (exact) mass is 291 g/mol. The van der Waals surface area contributed by atoms with E-state index < -0.39 is 6.09 Å². The summed E-state index contributed by atoms with van der Waals surface area (Å²) in [6.45, 7) is 2.73. The third-order valence-electron chi connectivity index (χ3n) is 4.91. The van der Waals surface area contributed by atoms with E-state index in [1.165, 1.54) is 7.05 Å². The molecule has 3 rings (SSSR count). The lowest BCUT2D eigenvalue weighted by atomic mass is 9.81. The van der Waals surface area contributed by atoms with Gasteiger partial charge >= 0.3 is 6.09 Å². The third-order valence-corrected chi connectivity index (χ3v) is 4.91. The topological polar surface area (TPSA) is 64.6 Å². The summed E-state index contributed by atoms with van der Waals surface area (Å²) in [5, 5.41) is 15.1. The van der Waals surface area contributed by atoms with E-state index in [0.29, 0.717) is 12.3 Å². The summed E-state index contributed by atoms with van der Waals surface area (Å²) in [5.41, 5.74) is 1.93. The van der Waals surface area contributed by atoms with Gasteiger partial charge in [-0.15, -0.1) is 0 Å². The predicted molar refractivity (Wildman–Crippen MR) is 80.1 cm³/mol. The van der Waals surface area contributed by atoms with E-state index in [2.05, 4.69) is 17.1 Å². The number of anilines is 1. The van der Waals surface area contributed by atoms with E-state index in [1.807, 2.05) is 19.2 Å². The molecule has 2 aliphatic heterocycles. The number of hydrogen-bond acceptors (Lipinski definition) is 4. The second-order valence-electron chi connectivity index (χ2n) is 6.37. The SMILES string of the molecule is CNC(=O)Oc1ccc2c(c1)[C@]1(C)CC[N@@+](C)([O-])[C@@H]1N2C. The van der Waals surface area contributed by atoms with E-state index in [1.54, 1.807) is 13.1 Å². The molecule has 0 unspecified atom stereocenters. The summed E-state index contributed by atoms with van der Waals surface area (Å²) in [6.07, 6.45) is 0.222. The molecule has 114 valence electrons. The number of fused-ring (bicyclic) bond motifs is 3. The maximum Gasteiger partial charge on any atom is 0.412 e. The first-order valence-corrected chi connectivity index (χ1v) is 7.13. The molecule has 1 aromatic rings. The average molecular weight is 291 g/mol. The van der Waals surface area contributed by atoms with Crippen molar-refractivity contribution in [2.75, 3.05) is 32.6 Å². The molecule has 0 aromatic heterocycles. The highest BCUT2D eigenvalue weighted by Crippen LogP contribution is 2.53. The van der Waals surface area contributed by atoms with Gasteiger partial charge in [-0.2, -0.15) is 0 Å². The van der Waals surface area contributed by atoms with Gasteiger partial charge in [-0.05, 0) is 30.7 Å². The molecule has 3 atom stereocenters. The Balaban J connectivity index is 2.03. The van der Waals surface area contributed by atoms with E-state index in [-0.39, 0.29) is 16.2 Å². The van der Waals surface area contributed by atoms with Gasteiger partial charge in [0.2, 0.25) is 0 Å². The highest BCUT2D eigenvalue weighted by atomic mass is 16.6. The van der Waals surface area contributed by atoms with Crippen LogP contribution in [0.4, 0.5) is 10.5 Å². The Morgan fingerprint density at radius 2 is 2.29 bits per heavy atom. The fourth-order valence-corrected chi connectivity index (χ4v) is 4.01. The van der Waals surface area contributed by atoms with Crippen molar-refractivity contribution < 1.29 is 14.2 Å². The number of carbonyl (C=O) groups excluding carboxylic acids is 1. The van der Waals surface area contributed by atoms with E-state index in [0.717, 1.165) is 17.7 Å². The van der Waals surface area contributed by atoms with Crippen LogP contribution in [0.15, 0.2) is 18.2 Å². The van der Waals surface area contributed by atoms with Crippen LogP contribution in [-0.2, 0) is 5.41 Å². The van der Waals surface area contributed by atoms with Crippen LogP contribution < -0.4 is 15.0 Å². The van der Waals surface area contributed by atoms with Gasteiger partial charge in [0.05, 0.1) is 19.0 Å². The summed E-state index contributed by atoms with van der Waals surface area (Å²) in [6, 6.07) is 5.59. The molecule has 0 aliphatic carbocycles. The number of carbonyl (C=O) groups is 1. The zero-order valence-electron chi connectivity index (χ0n) is 12.8. The van der Waals surface area contributed by atoms with Crippen molar-refractivity contribution in [3.8, 4) is 5.75 Å². The van der Waals surface area contributed by atoms with Crippen LogP contribution in [0.3, 0.4) is 0 Å². The first kappa shape index (κ1) is 14.2. The normalized spacial score (nSPS) is 33.6. The number of rotatable bonds is 1. The molecule has 21 heavy (non-hydrogen) atoms. The first-order chi connectivity index (χ1) is 9.79. The molecule has 2 heterocycles. The molecule has 1 fully saturated rings. The van der Waals surface area contributed by atoms with Crippen LogP contribution in [0.2, 0.25) is 0 Å². The zero-order chi connectivity index (χ0) is 15.4. The molecular weight excluding hydrogens is 270 g/mol. The van der Waals surface area contributed by atoms with Crippen LogP contribution in [0.1, 0.15) is 18.9 Å². The maximum atomic E-state index is 12.7. The number of likely N-dealkylation sites (tertiary alicyclic amines) is 1. The standard InChI is InChI=1S/C15H21N3O3/c1-15-7-8-18(4,20)13(15)17(3)12-6-5-10(9-11(12)15)21-14(19)16-2/h5-6,9,13H,7-8H2,1-4H3,(H,16,19)/t13-,15-,18+/m0/s1. The Hall–Kier alpha value is -1.79. The number of quaternary nitrogens is 1. The van der Waals surface area contributed by atoms with Crippen molar-refractivity contribution in [1.82, 2.24) is 5.32 Å². The second-order valence-corrected chi connectivity index (χ2v) is 6.37. The highest BCUT2D eigenvalue weighted by Gasteiger charge is 2.58. The summed E-state index contributed by atoms with van der Waals surface area (Å²) in [7, 11) is 5.23. The van der Waals surface area contributed by atoms with E-state index in [4.69, 9.17) is 4.74 Å². The number of nitrogens with zero attached hydrogens (tertiary/aromatic N) is 2. The van der Waals surface area contributed by atoms with Crippen LogP contribution in [0, 0.1) is 5.21 Å². The molecule has 1 saturated heterocycles. The molecule has 0 bridgehead atoms. The Morgan fingerprint density at radius 3 is 2.95 bits per heavy atom. The molecular formula is C15H21N3O3.